The highest BCUT2D eigenvalue weighted by atomic mass is 35.5. The molecule has 0 aliphatic carbocycles. The van der Waals surface area contributed by atoms with Crippen LogP contribution < -0.4 is 5.32 Å². The third-order valence-electron chi connectivity index (χ3n) is 4.55. The second-order valence-corrected chi connectivity index (χ2v) is 8.00. The molecule has 0 aliphatic heterocycles. The Bertz CT molecular complexity index is 997. The molecule has 1 heterocycles. The molecule has 29 heavy (non-hydrogen) atoms. The number of aryl methyl sites for hydroxylation is 1. The van der Waals surface area contributed by atoms with Crippen molar-refractivity contribution in [1.29, 1.82) is 0 Å². The van der Waals surface area contributed by atoms with E-state index >= 15 is 0 Å². The first-order chi connectivity index (χ1) is 13.8. The van der Waals surface area contributed by atoms with E-state index in [-0.39, 0.29) is 5.91 Å². The van der Waals surface area contributed by atoms with E-state index in [2.05, 4.69) is 27.4 Å². The summed E-state index contributed by atoms with van der Waals surface area (Å²) >= 11 is 12.7. The van der Waals surface area contributed by atoms with Gasteiger partial charge >= 0.3 is 0 Å². The van der Waals surface area contributed by atoms with Crippen LogP contribution in [0.15, 0.2) is 48.5 Å². The Morgan fingerprint density at radius 1 is 1.07 bits per heavy atom. The lowest BCUT2D eigenvalue weighted by atomic mass is 10.1. The van der Waals surface area contributed by atoms with E-state index in [4.69, 9.17) is 23.2 Å². The van der Waals surface area contributed by atoms with Gasteiger partial charge in [0.2, 0.25) is 0 Å². The molecule has 1 N–H and O–H groups in total. The number of hydrogen-bond acceptors (Lipinski definition) is 3. The zero-order valence-electron chi connectivity index (χ0n) is 16.7. The van der Waals surface area contributed by atoms with E-state index in [1.807, 2.05) is 50.5 Å². The standard InChI is InChI=1S/C22H24Cl2N4O/c1-15-20(21(24)28(26-15)14-18-6-4-5-7-19(18)23)22(29)25-12-16-8-10-17(11-9-16)13-27(2)3/h4-11H,12-14H2,1-3H3,(H,25,29). The SMILES string of the molecule is Cc1nn(Cc2ccccc2Cl)c(Cl)c1C(=O)NCc1ccc(CN(C)C)cc1. The summed E-state index contributed by atoms with van der Waals surface area (Å²) in [6.07, 6.45) is 0. The van der Waals surface area contributed by atoms with Crippen LogP contribution in [0.5, 0.6) is 0 Å². The van der Waals surface area contributed by atoms with Crippen molar-refractivity contribution in [3.63, 3.8) is 0 Å². The molecule has 1 amide bonds. The van der Waals surface area contributed by atoms with Crippen molar-refractivity contribution >= 4 is 29.1 Å². The van der Waals surface area contributed by atoms with Gasteiger partial charge in [0.15, 0.2) is 0 Å². The molecule has 152 valence electrons. The summed E-state index contributed by atoms with van der Waals surface area (Å²) in [6.45, 7) is 3.48. The van der Waals surface area contributed by atoms with Crippen LogP contribution in [0.2, 0.25) is 10.2 Å². The van der Waals surface area contributed by atoms with Crippen LogP contribution in [0.4, 0.5) is 0 Å². The normalized spacial score (nSPS) is 11.1. The molecule has 0 fully saturated rings. The van der Waals surface area contributed by atoms with Crippen LogP contribution >= 0.6 is 23.2 Å². The largest absolute Gasteiger partial charge is 0.348 e. The molecule has 3 rings (SSSR count). The summed E-state index contributed by atoms with van der Waals surface area (Å²) in [7, 11) is 4.07. The fourth-order valence-corrected chi connectivity index (χ4v) is 3.62. The topological polar surface area (TPSA) is 50.2 Å². The molecule has 0 atom stereocenters. The van der Waals surface area contributed by atoms with Crippen molar-refractivity contribution in [3.8, 4) is 0 Å². The zero-order chi connectivity index (χ0) is 21.0. The third kappa shape index (κ3) is 5.38. The molecule has 0 unspecified atom stereocenters. The molecule has 0 saturated carbocycles. The molecule has 7 heteroatoms. The Labute approximate surface area is 181 Å². The number of aromatic nitrogens is 2. The van der Waals surface area contributed by atoms with Crippen molar-refractivity contribution in [3.05, 3.63) is 86.7 Å². The minimum atomic E-state index is -0.240. The van der Waals surface area contributed by atoms with Gasteiger partial charge in [-0.2, -0.15) is 5.10 Å². The van der Waals surface area contributed by atoms with E-state index in [1.54, 1.807) is 11.6 Å². The van der Waals surface area contributed by atoms with Gasteiger partial charge in [-0.15, -0.1) is 0 Å². The fourth-order valence-electron chi connectivity index (χ4n) is 3.10. The molecule has 0 radical (unpaired) electrons. The van der Waals surface area contributed by atoms with Gasteiger partial charge < -0.3 is 10.2 Å². The summed E-state index contributed by atoms with van der Waals surface area (Å²) in [5, 5.41) is 8.30. The molecule has 5 nitrogen and oxygen atoms in total. The van der Waals surface area contributed by atoms with Crippen molar-refractivity contribution < 1.29 is 4.79 Å². The number of hydrogen-bond donors (Lipinski definition) is 1. The zero-order valence-corrected chi connectivity index (χ0v) is 18.3. The maximum absolute atomic E-state index is 12.7. The van der Waals surface area contributed by atoms with Crippen LogP contribution in [-0.2, 0) is 19.6 Å². The molecule has 0 bridgehead atoms. The lowest BCUT2D eigenvalue weighted by Gasteiger charge is -2.10. The van der Waals surface area contributed by atoms with Crippen LogP contribution in [-0.4, -0.2) is 34.7 Å². The lowest BCUT2D eigenvalue weighted by Crippen LogP contribution is -2.23. The van der Waals surface area contributed by atoms with E-state index < -0.39 is 0 Å². The number of benzene rings is 2. The number of rotatable bonds is 7. The second-order valence-electron chi connectivity index (χ2n) is 7.24. The molecule has 0 saturated heterocycles. The molecule has 0 aliphatic rings. The Morgan fingerprint density at radius 2 is 1.72 bits per heavy atom. The summed E-state index contributed by atoms with van der Waals surface area (Å²) in [6, 6.07) is 15.7. The number of carbonyl (C=O) groups is 1. The number of carbonyl (C=O) groups excluding carboxylic acids is 1. The van der Waals surface area contributed by atoms with Gasteiger partial charge in [-0.3, -0.25) is 4.79 Å². The molecule has 0 spiro atoms. The number of halogens is 2. The van der Waals surface area contributed by atoms with Gasteiger partial charge in [0.1, 0.15) is 5.15 Å². The number of amides is 1. The first kappa shape index (κ1) is 21.4. The summed E-state index contributed by atoms with van der Waals surface area (Å²) < 4.78 is 1.60. The van der Waals surface area contributed by atoms with Crippen LogP contribution in [0.3, 0.4) is 0 Å². The number of nitrogens with one attached hydrogen (secondary N) is 1. The predicted octanol–water partition coefficient (Wildman–Crippen LogP) is 4.54. The minimum absolute atomic E-state index is 0.240. The molecule has 1 aromatic heterocycles. The van der Waals surface area contributed by atoms with E-state index in [0.717, 1.165) is 17.7 Å². The highest BCUT2D eigenvalue weighted by Gasteiger charge is 2.20. The maximum atomic E-state index is 12.7. The Hall–Kier alpha value is -2.34. The maximum Gasteiger partial charge on any atom is 0.256 e. The summed E-state index contributed by atoms with van der Waals surface area (Å²) in [5.74, 6) is -0.240. The highest BCUT2D eigenvalue weighted by molar-refractivity contribution is 6.33. The van der Waals surface area contributed by atoms with E-state index in [1.165, 1.54) is 5.56 Å². The van der Waals surface area contributed by atoms with E-state index in [9.17, 15) is 4.79 Å². The van der Waals surface area contributed by atoms with Gasteiger partial charge in [0.25, 0.3) is 5.91 Å². The average Bonchev–Trinajstić information content (AvgIpc) is 2.95. The van der Waals surface area contributed by atoms with Crippen LogP contribution in [0.1, 0.15) is 32.7 Å². The molecular formula is C22H24Cl2N4O. The fraction of sp³-hybridized carbons (Fsp3) is 0.273. The van der Waals surface area contributed by atoms with Crippen molar-refractivity contribution in [2.45, 2.75) is 26.6 Å². The van der Waals surface area contributed by atoms with Gasteiger partial charge in [0.05, 0.1) is 17.8 Å². The van der Waals surface area contributed by atoms with Gasteiger partial charge in [-0.05, 0) is 43.8 Å². The lowest BCUT2D eigenvalue weighted by molar-refractivity contribution is 0.0950. The predicted molar refractivity (Wildman–Crippen MR) is 118 cm³/mol. The highest BCUT2D eigenvalue weighted by Crippen LogP contribution is 2.23. The Balaban J connectivity index is 1.68. The van der Waals surface area contributed by atoms with Gasteiger partial charge in [-0.25, -0.2) is 4.68 Å². The Kier molecular flexibility index (Phi) is 6.96. The first-order valence-corrected chi connectivity index (χ1v) is 10.1. The van der Waals surface area contributed by atoms with Gasteiger partial charge in [0, 0.05) is 18.1 Å². The summed E-state index contributed by atoms with van der Waals surface area (Å²) in [4.78, 5) is 14.8. The summed E-state index contributed by atoms with van der Waals surface area (Å²) in [5.41, 5.74) is 4.12. The molecule has 2 aromatic carbocycles. The quantitative estimate of drug-likeness (QED) is 0.598. The minimum Gasteiger partial charge on any atom is -0.348 e. The van der Waals surface area contributed by atoms with Crippen LogP contribution in [0.25, 0.3) is 0 Å². The monoisotopic (exact) mass is 430 g/mol. The number of nitrogens with zero attached hydrogens (tertiary/aromatic N) is 3. The first-order valence-electron chi connectivity index (χ1n) is 9.32. The smallest absolute Gasteiger partial charge is 0.256 e. The average molecular weight is 431 g/mol. The molecule has 3 aromatic rings. The third-order valence-corrected chi connectivity index (χ3v) is 5.30. The van der Waals surface area contributed by atoms with Crippen molar-refractivity contribution in [2.24, 2.45) is 0 Å². The van der Waals surface area contributed by atoms with Crippen molar-refractivity contribution in [2.75, 3.05) is 14.1 Å². The van der Waals surface area contributed by atoms with Crippen molar-refractivity contribution in [1.82, 2.24) is 20.0 Å². The van der Waals surface area contributed by atoms with E-state index in [0.29, 0.717) is 34.5 Å². The Morgan fingerprint density at radius 3 is 2.38 bits per heavy atom. The molecular weight excluding hydrogens is 407 g/mol. The van der Waals surface area contributed by atoms with Crippen LogP contribution in [0, 0.1) is 6.92 Å². The van der Waals surface area contributed by atoms with Gasteiger partial charge in [-0.1, -0.05) is 65.7 Å². The second kappa shape index (κ2) is 9.44.